The van der Waals surface area contributed by atoms with E-state index < -0.39 is 0 Å². The van der Waals surface area contributed by atoms with Gasteiger partial charge in [-0.25, -0.2) is 0 Å². The summed E-state index contributed by atoms with van der Waals surface area (Å²) >= 11 is 0. The van der Waals surface area contributed by atoms with Gasteiger partial charge >= 0.3 is 0 Å². The molecule has 0 aromatic rings. The van der Waals surface area contributed by atoms with Crippen molar-refractivity contribution in [2.45, 2.75) is 71.5 Å². The molecule has 3 rings (SSSR count). The molecule has 0 bridgehead atoms. The Morgan fingerprint density at radius 3 is 2.50 bits per heavy atom. The first-order valence-corrected chi connectivity index (χ1v) is 7.12. The van der Waals surface area contributed by atoms with Crippen LogP contribution in [0.1, 0.15) is 59.8 Å². The van der Waals surface area contributed by atoms with Gasteiger partial charge in [0.05, 0.1) is 11.7 Å². The van der Waals surface area contributed by atoms with E-state index >= 15 is 0 Å². The zero-order valence-corrected chi connectivity index (χ0v) is 11.3. The molecule has 1 heterocycles. The van der Waals surface area contributed by atoms with Gasteiger partial charge < -0.3 is 4.74 Å². The Morgan fingerprint density at radius 1 is 1.06 bits per heavy atom. The minimum absolute atomic E-state index is 0.170. The predicted octanol–water partition coefficient (Wildman–Crippen LogP) is 4.02. The summed E-state index contributed by atoms with van der Waals surface area (Å²) in [7, 11) is 0. The summed E-state index contributed by atoms with van der Waals surface area (Å²) in [5.74, 6) is 2.56. The third-order valence-corrected chi connectivity index (χ3v) is 5.93. The zero-order chi connectivity index (χ0) is 11.6. The Hall–Kier alpha value is -0.0400. The van der Waals surface area contributed by atoms with Crippen LogP contribution in [-0.4, -0.2) is 11.7 Å². The normalized spacial score (nSPS) is 54.8. The molecule has 2 saturated carbocycles. The molecule has 0 aromatic heterocycles. The van der Waals surface area contributed by atoms with Crippen molar-refractivity contribution >= 4 is 0 Å². The molecule has 0 aromatic carbocycles. The van der Waals surface area contributed by atoms with Crippen LogP contribution in [0.15, 0.2) is 0 Å². The molecule has 0 spiro atoms. The maximum absolute atomic E-state index is 6.24. The Labute approximate surface area is 99.9 Å². The summed E-state index contributed by atoms with van der Waals surface area (Å²) < 4.78 is 6.24. The molecule has 3 fully saturated rings. The SMILES string of the molecule is C[C@@H]1CCC[C@@]2(C)CC[C@@H]3[C@@H](OC3(C)C)[C@H]12. The van der Waals surface area contributed by atoms with Crippen molar-refractivity contribution in [2.24, 2.45) is 23.2 Å². The minimum Gasteiger partial charge on any atom is -0.371 e. The molecule has 16 heavy (non-hydrogen) atoms. The van der Waals surface area contributed by atoms with Crippen molar-refractivity contribution in [2.75, 3.05) is 0 Å². The van der Waals surface area contributed by atoms with Crippen molar-refractivity contribution in [1.29, 1.82) is 0 Å². The van der Waals surface area contributed by atoms with E-state index in [1.165, 1.54) is 32.1 Å². The van der Waals surface area contributed by atoms with Gasteiger partial charge in [0.15, 0.2) is 0 Å². The lowest BCUT2D eigenvalue weighted by Gasteiger charge is -2.64. The fourth-order valence-corrected chi connectivity index (χ4v) is 5.04. The number of ether oxygens (including phenoxy) is 1. The Bertz CT molecular complexity index is 296. The van der Waals surface area contributed by atoms with Crippen LogP contribution < -0.4 is 0 Å². The minimum atomic E-state index is 0.170. The first-order chi connectivity index (χ1) is 7.44. The van der Waals surface area contributed by atoms with E-state index in [1.807, 2.05) is 0 Å². The van der Waals surface area contributed by atoms with Crippen LogP contribution in [0, 0.1) is 23.2 Å². The average molecular weight is 222 g/mol. The van der Waals surface area contributed by atoms with Gasteiger partial charge in [0, 0.05) is 5.92 Å². The van der Waals surface area contributed by atoms with Crippen LogP contribution in [0.5, 0.6) is 0 Å². The largest absolute Gasteiger partial charge is 0.371 e. The molecule has 92 valence electrons. The van der Waals surface area contributed by atoms with Crippen molar-refractivity contribution in [3.05, 3.63) is 0 Å². The fraction of sp³-hybridized carbons (Fsp3) is 1.00. The van der Waals surface area contributed by atoms with Gasteiger partial charge in [0.25, 0.3) is 0 Å². The second-order valence-corrected chi connectivity index (χ2v) is 7.38. The van der Waals surface area contributed by atoms with Crippen LogP contribution >= 0.6 is 0 Å². The van der Waals surface area contributed by atoms with Gasteiger partial charge in [-0.15, -0.1) is 0 Å². The molecule has 1 heteroatoms. The molecule has 0 N–H and O–H groups in total. The number of fused-ring (bicyclic) bond motifs is 3. The molecule has 1 nitrogen and oxygen atoms in total. The van der Waals surface area contributed by atoms with E-state index in [0.717, 1.165) is 17.8 Å². The Morgan fingerprint density at radius 2 is 1.81 bits per heavy atom. The van der Waals surface area contributed by atoms with E-state index in [2.05, 4.69) is 27.7 Å². The lowest BCUT2D eigenvalue weighted by molar-refractivity contribution is -0.304. The summed E-state index contributed by atoms with van der Waals surface area (Å²) in [6, 6.07) is 0. The summed E-state index contributed by atoms with van der Waals surface area (Å²) in [4.78, 5) is 0. The van der Waals surface area contributed by atoms with Crippen molar-refractivity contribution in [3.63, 3.8) is 0 Å². The van der Waals surface area contributed by atoms with Gasteiger partial charge in [0.2, 0.25) is 0 Å². The van der Waals surface area contributed by atoms with Crippen LogP contribution in [0.25, 0.3) is 0 Å². The van der Waals surface area contributed by atoms with Gasteiger partial charge in [-0.2, -0.15) is 0 Å². The van der Waals surface area contributed by atoms with Gasteiger partial charge in [-0.05, 0) is 50.4 Å². The van der Waals surface area contributed by atoms with Crippen molar-refractivity contribution < 1.29 is 4.74 Å². The van der Waals surface area contributed by atoms with E-state index in [-0.39, 0.29) is 5.60 Å². The molecule has 1 saturated heterocycles. The first kappa shape index (κ1) is 11.1. The second-order valence-electron chi connectivity index (χ2n) is 7.38. The topological polar surface area (TPSA) is 9.23 Å². The highest BCUT2D eigenvalue weighted by atomic mass is 16.5. The van der Waals surface area contributed by atoms with Gasteiger partial charge in [0.1, 0.15) is 0 Å². The molecular formula is C15H26O. The van der Waals surface area contributed by atoms with Crippen LogP contribution in [0.3, 0.4) is 0 Å². The van der Waals surface area contributed by atoms with Crippen LogP contribution in [0.2, 0.25) is 0 Å². The van der Waals surface area contributed by atoms with Crippen molar-refractivity contribution in [1.82, 2.24) is 0 Å². The van der Waals surface area contributed by atoms with E-state index in [0.29, 0.717) is 11.5 Å². The fourth-order valence-electron chi connectivity index (χ4n) is 5.04. The molecule has 2 aliphatic carbocycles. The Kier molecular flexibility index (Phi) is 2.25. The van der Waals surface area contributed by atoms with Crippen LogP contribution in [-0.2, 0) is 4.74 Å². The smallest absolute Gasteiger partial charge is 0.0683 e. The highest BCUT2D eigenvalue weighted by Crippen LogP contribution is 2.61. The first-order valence-electron chi connectivity index (χ1n) is 7.12. The zero-order valence-electron chi connectivity index (χ0n) is 11.3. The van der Waals surface area contributed by atoms with Crippen LogP contribution in [0.4, 0.5) is 0 Å². The molecule has 5 atom stereocenters. The summed E-state index contributed by atoms with van der Waals surface area (Å²) in [5, 5.41) is 0. The highest BCUT2D eigenvalue weighted by molar-refractivity contribution is 5.08. The molecule has 0 amide bonds. The van der Waals surface area contributed by atoms with Gasteiger partial charge in [-0.1, -0.05) is 26.7 Å². The second kappa shape index (κ2) is 3.25. The summed E-state index contributed by atoms with van der Waals surface area (Å²) in [5.41, 5.74) is 0.762. The van der Waals surface area contributed by atoms with Crippen molar-refractivity contribution in [3.8, 4) is 0 Å². The average Bonchev–Trinajstić information content (AvgIpc) is 2.15. The summed E-state index contributed by atoms with van der Waals surface area (Å²) in [6.45, 7) is 9.55. The lowest BCUT2D eigenvalue weighted by atomic mass is 9.50. The Balaban J connectivity index is 1.86. The highest BCUT2D eigenvalue weighted by Gasteiger charge is 2.60. The molecule has 0 radical (unpaired) electrons. The molecule has 3 aliphatic rings. The van der Waals surface area contributed by atoms with Gasteiger partial charge in [-0.3, -0.25) is 0 Å². The monoisotopic (exact) mass is 222 g/mol. The number of rotatable bonds is 0. The number of hydrogen-bond donors (Lipinski definition) is 0. The summed E-state index contributed by atoms with van der Waals surface area (Å²) in [6.07, 6.45) is 7.73. The standard InChI is InChI=1S/C15H26O/c1-10-6-5-8-15(4)9-7-11-13(12(10)15)16-14(11,2)3/h10-13H,5-9H2,1-4H3/t10-,11-,12+,13-,15+/m1/s1. The van der Waals surface area contributed by atoms with E-state index in [9.17, 15) is 0 Å². The predicted molar refractivity (Wildman–Crippen MR) is 66.3 cm³/mol. The molecule has 1 aliphatic heterocycles. The van der Waals surface area contributed by atoms with E-state index in [4.69, 9.17) is 4.74 Å². The van der Waals surface area contributed by atoms with E-state index in [1.54, 1.807) is 0 Å². The third kappa shape index (κ3) is 1.33. The molecule has 0 unspecified atom stereocenters. The molecular weight excluding hydrogens is 196 g/mol. The lowest BCUT2D eigenvalue weighted by Crippen LogP contribution is -2.66. The quantitative estimate of drug-likeness (QED) is 0.601. The maximum atomic E-state index is 6.24. The number of hydrogen-bond acceptors (Lipinski definition) is 1. The maximum Gasteiger partial charge on any atom is 0.0683 e. The third-order valence-electron chi connectivity index (χ3n) is 5.93.